The zero-order chi connectivity index (χ0) is 42.5. The van der Waals surface area contributed by atoms with Gasteiger partial charge in [0.15, 0.2) is 0 Å². The first kappa shape index (κ1) is 50.4. The van der Waals surface area contributed by atoms with E-state index < -0.39 is 13.9 Å². The Hall–Kier alpha value is -5.64. The molecule has 0 aromatic carbocycles. The molecule has 0 aliphatic heterocycles. The van der Waals surface area contributed by atoms with E-state index in [-0.39, 0.29) is 97.8 Å². The molecule has 4 rings (SSSR count). The molecule has 29 heteroatoms. The van der Waals surface area contributed by atoms with Gasteiger partial charge in [-0.1, -0.05) is 11.6 Å². The zero-order valence-corrected chi connectivity index (χ0v) is 31.7. The number of aliphatic hydroxyl groups excluding tert-OH is 3. The third-order valence-corrected chi connectivity index (χ3v) is 5.52. The Labute approximate surface area is 324 Å². The Morgan fingerprint density at radius 3 is 1.20 bits per heavy atom. The molecule has 0 saturated carbocycles. The van der Waals surface area contributed by atoms with Crippen LogP contribution in [0.15, 0.2) is 24.3 Å². The van der Waals surface area contributed by atoms with Crippen LogP contribution in [-0.2, 0) is 14.0 Å². The second-order valence-electron chi connectivity index (χ2n) is 9.56. The first-order valence-corrected chi connectivity index (χ1v) is 17.7. The van der Waals surface area contributed by atoms with Gasteiger partial charge in [-0.05, 0) is 6.92 Å². The van der Waals surface area contributed by atoms with Crippen LogP contribution in [-0.4, -0.2) is 131 Å². The first-order valence-electron chi connectivity index (χ1n) is 15.6. The molecule has 0 bridgehead atoms. The molecular weight excluding hydrogens is 791 g/mol. The van der Waals surface area contributed by atoms with Crippen molar-refractivity contribution in [1.82, 2.24) is 39.9 Å². The van der Waals surface area contributed by atoms with Crippen LogP contribution in [0.5, 0.6) is 17.6 Å². The topological polar surface area (TPSA) is 476 Å². The van der Waals surface area contributed by atoms with Crippen molar-refractivity contribution < 1.29 is 53.4 Å². The molecule has 56 heavy (non-hydrogen) atoms. The van der Waals surface area contributed by atoms with E-state index in [1.165, 1.54) is 24.3 Å². The maximum absolute atomic E-state index is 10.4. The number of nitrogens with zero attached hydrogens (tertiary/aromatic N) is 8. The third-order valence-electron chi connectivity index (χ3n) is 4.81. The van der Waals surface area contributed by atoms with Crippen molar-refractivity contribution in [3.05, 3.63) is 29.4 Å². The molecule has 0 atom stereocenters. The summed E-state index contributed by atoms with van der Waals surface area (Å²) in [6, 6.07) is 5.76. The van der Waals surface area contributed by atoms with E-state index in [1.54, 1.807) is 0 Å². The van der Waals surface area contributed by atoms with Gasteiger partial charge in [0.25, 0.3) is 0 Å². The summed E-state index contributed by atoms with van der Waals surface area (Å²) in [5, 5.41) is 23.9. The molecule has 0 spiro atoms. The highest BCUT2D eigenvalue weighted by atomic mass is 35.5. The summed E-state index contributed by atoms with van der Waals surface area (Å²) in [4.78, 5) is 46.5. The number of ether oxygens (including phenoxy) is 5. The number of rotatable bonds is 15. The fraction of sp³-hybridized carbons (Fsp3) is 0.407. The van der Waals surface area contributed by atoms with Crippen LogP contribution in [0.4, 0.5) is 47.1 Å². The highest BCUT2D eigenvalue weighted by molar-refractivity contribution is 7.51. The van der Waals surface area contributed by atoms with Gasteiger partial charge in [-0.3, -0.25) is 4.57 Å². The maximum Gasteiger partial charge on any atom is 0.350 e. The van der Waals surface area contributed by atoms with E-state index in [4.69, 9.17) is 102 Å². The molecule has 314 valence electrons. The van der Waals surface area contributed by atoms with Gasteiger partial charge in [-0.2, -0.15) is 34.9 Å². The second kappa shape index (κ2) is 28.8. The summed E-state index contributed by atoms with van der Waals surface area (Å²) < 4.78 is 35.5. The molecule has 4 heterocycles. The van der Waals surface area contributed by atoms with Crippen LogP contribution in [0.1, 0.15) is 6.92 Å². The fourth-order valence-corrected chi connectivity index (χ4v) is 3.51. The van der Waals surface area contributed by atoms with Gasteiger partial charge in [0, 0.05) is 30.9 Å². The summed E-state index contributed by atoms with van der Waals surface area (Å²) in [5.74, 6) is 2.06. The van der Waals surface area contributed by atoms with Crippen LogP contribution >= 0.6 is 19.2 Å². The van der Waals surface area contributed by atoms with E-state index >= 15 is 0 Å². The number of hydrogen-bond acceptors (Lipinski definition) is 25. The number of halogens is 1. The Balaban J connectivity index is 0.000000710. The number of nitrogen functional groups attached to an aromatic ring is 8. The van der Waals surface area contributed by atoms with Gasteiger partial charge < -0.3 is 94.7 Å². The number of anilines is 8. The van der Waals surface area contributed by atoms with E-state index in [1.807, 2.05) is 6.92 Å². The first-order chi connectivity index (χ1) is 26.4. The average molecular weight is 839 g/mol. The fourth-order valence-electron chi connectivity index (χ4n) is 2.95. The standard InChI is InChI=1S/C8H14N4O2.C7H13N4O5P.C6H10N4O2.C4H5ClN4.C2H6O2/c1-2-13-3-4-14-7-5-6(9)11-8(10)12-7;8-5-3-6(11-7(9)10-5)16-2-1-15-4-17(12,13)14;7-4-3-5(12-2-1-11)10-6(8)9-4;5-2-1-3(6)9-4(7)8-2;3-1-2-4/h5H,2-4H2,1H3,(H4,9,10,11,12);3H,1-2,4H2,(H2,12,13,14)(H4,8,9,10,11);3,11H,1-2H2,(H4,7,8,9,10);1H,(H4,6,7,8,9);3-4H,1-2H2. The van der Waals surface area contributed by atoms with Gasteiger partial charge >= 0.3 is 7.60 Å². The van der Waals surface area contributed by atoms with Crippen molar-refractivity contribution in [3.63, 3.8) is 0 Å². The molecule has 0 amide bonds. The van der Waals surface area contributed by atoms with Crippen molar-refractivity contribution in [2.24, 2.45) is 0 Å². The third kappa shape index (κ3) is 27.9. The predicted octanol–water partition coefficient (Wildman–Crippen LogP) is -2.49. The Bertz CT molecular complexity index is 1620. The molecule has 27 nitrogen and oxygen atoms in total. The summed E-state index contributed by atoms with van der Waals surface area (Å²) in [5.41, 5.74) is 42.6. The van der Waals surface area contributed by atoms with Crippen LogP contribution in [0.3, 0.4) is 0 Å². The molecular formula is C27H48ClN16O11P. The molecule has 0 radical (unpaired) electrons. The van der Waals surface area contributed by atoms with E-state index in [2.05, 4.69) is 44.6 Å². The number of nitrogens with two attached hydrogens (primary N) is 8. The lowest BCUT2D eigenvalue weighted by Crippen LogP contribution is -2.10. The van der Waals surface area contributed by atoms with Gasteiger partial charge in [0.2, 0.25) is 41.4 Å². The van der Waals surface area contributed by atoms with E-state index in [9.17, 15) is 4.57 Å². The molecule has 4 aromatic heterocycles. The van der Waals surface area contributed by atoms with Gasteiger partial charge in [-0.15, -0.1) is 0 Å². The van der Waals surface area contributed by atoms with Crippen LogP contribution < -0.4 is 60.1 Å². The van der Waals surface area contributed by atoms with Crippen molar-refractivity contribution in [2.45, 2.75) is 6.92 Å². The van der Waals surface area contributed by atoms with Crippen LogP contribution in [0, 0.1) is 0 Å². The predicted molar refractivity (Wildman–Crippen MR) is 206 cm³/mol. The monoisotopic (exact) mass is 838 g/mol. The minimum absolute atomic E-state index is 0.00885. The highest BCUT2D eigenvalue weighted by Gasteiger charge is 2.12. The second-order valence-corrected chi connectivity index (χ2v) is 11.5. The van der Waals surface area contributed by atoms with Crippen molar-refractivity contribution in [1.29, 1.82) is 0 Å². The summed E-state index contributed by atoms with van der Waals surface area (Å²) in [6.45, 7) is 3.42. The normalized spacial score (nSPS) is 10.1. The van der Waals surface area contributed by atoms with Crippen molar-refractivity contribution >= 4 is 66.3 Å². The van der Waals surface area contributed by atoms with Gasteiger partial charge in [0.1, 0.15) is 54.6 Å². The SMILES string of the molecule is CCOCCOc1cc(N)nc(N)n1.Nc1cc(Cl)nc(N)n1.Nc1cc(OCCO)nc(N)n1.Nc1cc(OCCOCP(=O)(O)O)nc(N)n1.OCCO. The molecule has 21 N–H and O–H groups in total. The van der Waals surface area contributed by atoms with Crippen molar-refractivity contribution in [3.8, 4) is 17.6 Å². The lowest BCUT2D eigenvalue weighted by Gasteiger charge is -2.07. The zero-order valence-electron chi connectivity index (χ0n) is 30.1. The van der Waals surface area contributed by atoms with Crippen LogP contribution in [0.2, 0.25) is 5.15 Å². The molecule has 0 unspecified atom stereocenters. The number of hydrogen-bond donors (Lipinski definition) is 13. The number of aromatic nitrogens is 8. The van der Waals surface area contributed by atoms with Gasteiger partial charge in [-0.25, -0.2) is 4.98 Å². The van der Waals surface area contributed by atoms with Crippen molar-refractivity contribution in [2.75, 3.05) is 112 Å². The van der Waals surface area contributed by atoms with E-state index in [0.717, 1.165) is 0 Å². The molecule has 0 aliphatic rings. The smallest absolute Gasteiger partial charge is 0.350 e. The Kier molecular flexibility index (Phi) is 25.9. The lowest BCUT2D eigenvalue weighted by molar-refractivity contribution is 0.108. The molecule has 0 aliphatic carbocycles. The average Bonchev–Trinajstić information content (AvgIpc) is 3.08. The summed E-state index contributed by atoms with van der Waals surface area (Å²) in [7, 11) is -4.14. The molecule has 4 aromatic rings. The number of aliphatic hydroxyl groups is 3. The Morgan fingerprint density at radius 1 is 0.536 bits per heavy atom. The minimum Gasteiger partial charge on any atom is -0.475 e. The van der Waals surface area contributed by atoms with Crippen LogP contribution in [0.25, 0.3) is 0 Å². The molecule has 0 saturated heterocycles. The maximum atomic E-state index is 10.4. The quantitative estimate of drug-likeness (QED) is 0.0334. The highest BCUT2D eigenvalue weighted by Crippen LogP contribution is 2.33. The summed E-state index contributed by atoms with van der Waals surface area (Å²) >= 11 is 5.44. The largest absolute Gasteiger partial charge is 0.475 e. The summed E-state index contributed by atoms with van der Waals surface area (Å²) in [6.07, 6.45) is -0.648. The minimum atomic E-state index is -4.14. The lowest BCUT2D eigenvalue weighted by atomic mass is 10.5. The van der Waals surface area contributed by atoms with E-state index in [0.29, 0.717) is 31.5 Å². The van der Waals surface area contributed by atoms with Gasteiger partial charge in [0.05, 0.1) is 33.0 Å². The molecule has 0 fully saturated rings. The Morgan fingerprint density at radius 2 is 0.893 bits per heavy atom.